The highest BCUT2D eigenvalue weighted by Gasteiger charge is 2.31. The molecule has 1 unspecified atom stereocenters. The quantitative estimate of drug-likeness (QED) is 0.670. The number of nitrogens with one attached hydrogen (secondary N) is 1. The lowest BCUT2D eigenvalue weighted by Crippen LogP contribution is -2.29. The molecule has 8 heteroatoms. The minimum Gasteiger partial charge on any atom is -0.478 e. The fourth-order valence-corrected chi connectivity index (χ4v) is 3.50. The lowest BCUT2D eigenvalue weighted by molar-refractivity contribution is -0.119. The van der Waals surface area contributed by atoms with Gasteiger partial charge in [0.2, 0.25) is 11.9 Å². The number of benzene rings is 2. The van der Waals surface area contributed by atoms with Crippen LogP contribution in [0.5, 0.6) is 0 Å². The smallest absolute Gasteiger partial charge is 0.335 e. The van der Waals surface area contributed by atoms with E-state index in [0.717, 1.165) is 11.1 Å². The average molecular weight is 409 g/mol. The van der Waals surface area contributed by atoms with Crippen LogP contribution in [0, 0.1) is 0 Å². The number of aromatic carboxylic acids is 1. The van der Waals surface area contributed by atoms with Gasteiger partial charge in [-0.2, -0.15) is 0 Å². The van der Waals surface area contributed by atoms with Crippen LogP contribution in [0.1, 0.15) is 28.8 Å². The second kappa shape index (κ2) is 7.18. The Morgan fingerprint density at radius 3 is 2.62 bits per heavy atom. The number of hydrogen-bond acceptors (Lipinski definition) is 5. The molecule has 2 heterocycles. The normalized spacial score (nSPS) is 15.3. The predicted molar refractivity (Wildman–Crippen MR) is 111 cm³/mol. The van der Waals surface area contributed by atoms with E-state index in [-0.39, 0.29) is 11.5 Å². The SMILES string of the molecule is CC1C(=O)N(C)c2cc(Cl)ccc2-c2nc(Nc3ccc(C(=O)O)cc3)ncc21. The molecule has 29 heavy (non-hydrogen) atoms. The van der Waals surface area contributed by atoms with E-state index >= 15 is 0 Å². The van der Waals surface area contributed by atoms with Crippen LogP contribution in [-0.2, 0) is 4.79 Å². The number of likely N-dealkylation sites (N-methyl/N-ethyl adjacent to an activating group) is 1. The Balaban J connectivity index is 1.78. The first-order valence-corrected chi connectivity index (χ1v) is 9.28. The van der Waals surface area contributed by atoms with E-state index in [1.807, 2.05) is 13.0 Å². The molecule has 0 saturated carbocycles. The van der Waals surface area contributed by atoms with E-state index in [1.54, 1.807) is 42.4 Å². The van der Waals surface area contributed by atoms with E-state index in [1.165, 1.54) is 12.1 Å². The lowest BCUT2D eigenvalue weighted by Gasteiger charge is -2.19. The number of carbonyl (C=O) groups is 2. The third-order valence-electron chi connectivity index (χ3n) is 4.95. The molecule has 1 aliphatic heterocycles. The average Bonchev–Trinajstić information content (AvgIpc) is 2.78. The van der Waals surface area contributed by atoms with Gasteiger partial charge in [-0.1, -0.05) is 11.6 Å². The Labute approximate surface area is 172 Å². The Morgan fingerprint density at radius 2 is 1.93 bits per heavy atom. The summed E-state index contributed by atoms with van der Waals surface area (Å²) in [7, 11) is 1.72. The van der Waals surface area contributed by atoms with Gasteiger partial charge in [0, 0.05) is 35.1 Å². The molecule has 0 saturated heterocycles. The largest absolute Gasteiger partial charge is 0.478 e. The van der Waals surface area contributed by atoms with Crippen molar-refractivity contribution in [1.82, 2.24) is 9.97 Å². The van der Waals surface area contributed by atoms with E-state index < -0.39 is 11.9 Å². The highest BCUT2D eigenvalue weighted by atomic mass is 35.5. The topological polar surface area (TPSA) is 95.4 Å². The number of fused-ring (bicyclic) bond motifs is 3. The van der Waals surface area contributed by atoms with Crippen molar-refractivity contribution in [2.75, 3.05) is 17.3 Å². The van der Waals surface area contributed by atoms with Gasteiger partial charge in [0.25, 0.3) is 0 Å². The van der Waals surface area contributed by atoms with Crippen molar-refractivity contribution in [3.05, 3.63) is 64.8 Å². The molecule has 0 bridgehead atoms. The first-order valence-electron chi connectivity index (χ1n) is 8.90. The number of carboxylic acids is 1. The van der Waals surface area contributed by atoms with Crippen molar-refractivity contribution in [3.8, 4) is 11.3 Å². The second-order valence-corrected chi connectivity index (χ2v) is 7.22. The van der Waals surface area contributed by atoms with Gasteiger partial charge in [0.1, 0.15) is 0 Å². The maximum Gasteiger partial charge on any atom is 0.335 e. The maximum absolute atomic E-state index is 12.8. The van der Waals surface area contributed by atoms with Crippen molar-refractivity contribution < 1.29 is 14.7 Å². The molecule has 2 aromatic carbocycles. The Bertz CT molecular complexity index is 1130. The van der Waals surface area contributed by atoms with E-state index in [4.69, 9.17) is 16.7 Å². The number of hydrogen-bond donors (Lipinski definition) is 2. The van der Waals surface area contributed by atoms with Crippen LogP contribution in [0.15, 0.2) is 48.7 Å². The van der Waals surface area contributed by atoms with Crippen molar-refractivity contribution in [2.24, 2.45) is 0 Å². The Kier molecular flexibility index (Phi) is 4.68. The van der Waals surface area contributed by atoms with Gasteiger partial charge in [-0.25, -0.2) is 14.8 Å². The zero-order valence-electron chi connectivity index (χ0n) is 15.7. The standard InChI is InChI=1S/C21H17ClN4O3/c1-11-16-10-23-21(24-14-6-3-12(4-7-14)20(28)29)25-18(16)15-8-5-13(22)9-17(15)26(2)19(11)27/h3-11H,1-2H3,(H,28,29)(H,23,24,25). The number of carbonyl (C=O) groups excluding carboxylic acids is 1. The van der Waals surface area contributed by atoms with Crippen LogP contribution in [-0.4, -0.2) is 34.0 Å². The van der Waals surface area contributed by atoms with Crippen LogP contribution in [0.4, 0.5) is 17.3 Å². The predicted octanol–water partition coefficient (Wildman–Crippen LogP) is 4.32. The summed E-state index contributed by atoms with van der Waals surface area (Å²) in [6.45, 7) is 1.83. The van der Waals surface area contributed by atoms with E-state index in [9.17, 15) is 9.59 Å². The Hall–Kier alpha value is -3.45. The molecule has 2 N–H and O–H groups in total. The summed E-state index contributed by atoms with van der Waals surface area (Å²) in [5.74, 6) is -1.13. The van der Waals surface area contributed by atoms with Gasteiger partial charge in [-0.05, 0) is 49.4 Å². The van der Waals surface area contributed by atoms with Crippen LogP contribution in [0.2, 0.25) is 5.02 Å². The van der Waals surface area contributed by atoms with Gasteiger partial charge < -0.3 is 15.3 Å². The van der Waals surface area contributed by atoms with Crippen LogP contribution in [0.25, 0.3) is 11.3 Å². The third kappa shape index (κ3) is 3.40. The number of rotatable bonds is 3. The van der Waals surface area contributed by atoms with Crippen molar-refractivity contribution in [3.63, 3.8) is 0 Å². The van der Waals surface area contributed by atoms with Crippen molar-refractivity contribution >= 4 is 40.8 Å². The molecule has 0 spiro atoms. The van der Waals surface area contributed by atoms with Gasteiger partial charge in [0.15, 0.2) is 0 Å². The fourth-order valence-electron chi connectivity index (χ4n) is 3.33. The van der Waals surface area contributed by atoms with Gasteiger partial charge in [0.05, 0.1) is 22.9 Å². The van der Waals surface area contributed by atoms with Gasteiger partial charge in [-0.15, -0.1) is 0 Å². The highest BCUT2D eigenvalue weighted by molar-refractivity contribution is 6.31. The zero-order valence-corrected chi connectivity index (χ0v) is 16.4. The third-order valence-corrected chi connectivity index (χ3v) is 5.18. The minimum atomic E-state index is -0.990. The molecule has 1 aliphatic rings. The summed E-state index contributed by atoms with van der Waals surface area (Å²) < 4.78 is 0. The molecule has 7 nitrogen and oxygen atoms in total. The van der Waals surface area contributed by atoms with Crippen LogP contribution < -0.4 is 10.2 Å². The zero-order chi connectivity index (χ0) is 20.7. The monoisotopic (exact) mass is 408 g/mol. The van der Waals surface area contributed by atoms with Crippen molar-refractivity contribution in [2.45, 2.75) is 12.8 Å². The lowest BCUT2D eigenvalue weighted by atomic mass is 9.98. The second-order valence-electron chi connectivity index (χ2n) is 6.79. The van der Waals surface area contributed by atoms with E-state index in [2.05, 4.69) is 15.3 Å². The number of amides is 1. The van der Waals surface area contributed by atoms with Crippen LogP contribution >= 0.6 is 11.6 Å². The molecule has 1 amide bonds. The summed E-state index contributed by atoms with van der Waals surface area (Å²) in [4.78, 5) is 34.4. The number of aromatic nitrogens is 2. The number of nitrogens with zero attached hydrogens (tertiary/aromatic N) is 3. The highest BCUT2D eigenvalue weighted by Crippen LogP contribution is 2.40. The summed E-state index contributed by atoms with van der Waals surface area (Å²) in [6, 6.07) is 11.6. The number of halogens is 1. The molecule has 1 aromatic heterocycles. The molecule has 3 aromatic rings. The summed E-state index contributed by atoms with van der Waals surface area (Å²) in [5.41, 5.74) is 3.71. The molecule has 146 valence electrons. The van der Waals surface area contributed by atoms with Gasteiger partial charge in [-0.3, -0.25) is 4.79 Å². The number of carboxylic acid groups (broad SMARTS) is 1. The first-order chi connectivity index (χ1) is 13.8. The molecular weight excluding hydrogens is 392 g/mol. The Morgan fingerprint density at radius 1 is 1.21 bits per heavy atom. The molecular formula is C21H17ClN4O3. The molecule has 1 atom stereocenters. The summed E-state index contributed by atoms with van der Waals surface area (Å²) in [6.07, 6.45) is 1.65. The fraction of sp³-hybridized carbons (Fsp3) is 0.143. The van der Waals surface area contributed by atoms with Crippen LogP contribution in [0.3, 0.4) is 0 Å². The van der Waals surface area contributed by atoms with Gasteiger partial charge >= 0.3 is 5.97 Å². The van der Waals surface area contributed by atoms with E-state index in [0.29, 0.717) is 28.0 Å². The first kappa shape index (κ1) is 18.9. The molecule has 0 fully saturated rings. The number of anilines is 3. The molecule has 0 aliphatic carbocycles. The summed E-state index contributed by atoms with van der Waals surface area (Å²) in [5, 5.41) is 12.6. The summed E-state index contributed by atoms with van der Waals surface area (Å²) >= 11 is 6.16. The molecule has 4 rings (SSSR count). The van der Waals surface area contributed by atoms with Crippen molar-refractivity contribution in [1.29, 1.82) is 0 Å². The maximum atomic E-state index is 12.8. The molecule has 0 radical (unpaired) electrons. The minimum absolute atomic E-state index is 0.0687.